The van der Waals surface area contributed by atoms with Crippen molar-refractivity contribution < 1.29 is 0 Å². The SMILES string of the molecule is CN=C(NCc1ccc(Br)s1)NC(C)c1cccc(N2CCCC2)c1.I. The standard InChI is InChI=1S/C19H25BrN4S.HI/c1-14(15-6-5-7-16(12-15)24-10-3-4-11-24)23-19(21-2)22-13-17-8-9-18(20)25-17;/h5-9,12,14H,3-4,10-11,13H2,1-2H3,(H2,21,22,23);1H. The van der Waals surface area contributed by atoms with Crippen molar-refractivity contribution in [1.29, 1.82) is 0 Å². The van der Waals surface area contributed by atoms with Crippen LogP contribution >= 0.6 is 51.2 Å². The molecular formula is C19H26BrIN4S. The van der Waals surface area contributed by atoms with E-state index in [-0.39, 0.29) is 30.0 Å². The highest BCUT2D eigenvalue weighted by molar-refractivity contribution is 14.0. The van der Waals surface area contributed by atoms with Gasteiger partial charge >= 0.3 is 0 Å². The van der Waals surface area contributed by atoms with Gasteiger partial charge in [-0.2, -0.15) is 0 Å². The first kappa shape index (κ1) is 21.5. The van der Waals surface area contributed by atoms with E-state index in [1.807, 2.05) is 7.05 Å². The first-order valence-electron chi connectivity index (χ1n) is 8.72. The van der Waals surface area contributed by atoms with Gasteiger partial charge in [-0.25, -0.2) is 0 Å². The van der Waals surface area contributed by atoms with Crippen LogP contribution in [-0.2, 0) is 6.54 Å². The lowest BCUT2D eigenvalue weighted by atomic mass is 10.1. The third-order valence-corrected chi connectivity index (χ3v) is 6.10. The summed E-state index contributed by atoms with van der Waals surface area (Å²) in [6.07, 6.45) is 2.60. The molecule has 0 saturated carbocycles. The van der Waals surface area contributed by atoms with E-state index in [1.54, 1.807) is 11.3 Å². The zero-order valence-electron chi connectivity index (χ0n) is 15.2. The Morgan fingerprint density at radius 1 is 1.27 bits per heavy atom. The molecule has 1 fully saturated rings. The van der Waals surface area contributed by atoms with Gasteiger partial charge < -0.3 is 15.5 Å². The average molecular weight is 549 g/mol. The lowest BCUT2D eigenvalue weighted by Crippen LogP contribution is -2.38. The molecule has 1 atom stereocenters. The van der Waals surface area contributed by atoms with E-state index in [0.717, 1.165) is 16.3 Å². The summed E-state index contributed by atoms with van der Waals surface area (Å²) in [7, 11) is 1.81. The fourth-order valence-corrected chi connectivity index (χ4v) is 4.49. The van der Waals surface area contributed by atoms with Gasteiger partial charge in [0, 0.05) is 30.7 Å². The first-order chi connectivity index (χ1) is 12.2. The quantitative estimate of drug-likeness (QED) is 0.308. The van der Waals surface area contributed by atoms with Gasteiger partial charge in [-0.3, -0.25) is 4.99 Å². The lowest BCUT2D eigenvalue weighted by molar-refractivity contribution is 0.686. The average Bonchev–Trinajstić information content (AvgIpc) is 3.30. The number of anilines is 1. The smallest absolute Gasteiger partial charge is 0.191 e. The molecule has 2 heterocycles. The van der Waals surface area contributed by atoms with Crippen LogP contribution in [0.25, 0.3) is 0 Å². The van der Waals surface area contributed by atoms with E-state index in [4.69, 9.17) is 0 Å². The number of thiophene rings is 1. The highest BCUT2D eigenvalue weighted by Crippen LogP contribution is 2.24. The van der Waals surface area contributed by atoms with Crippen molar-refractivity contribution in [2.45, 2.75) is 32.4 Å². The third-order valence-electron chi connectivity index (χ3n) is 4.48. The summed E-state index contributed by atoms with van der Waals surface area (Å²) >= 11 is 5.24. The molecule has 2 aromatic rings. The van der Waals surface area contributed by atoms with Gasteiger partial charge in [-0.05, 0) is 65.5 Å². The molecule has 2 N–H and O–H groups in total. The Labute approximate surface area is 185 Å². The van der Waals surface area contributed by atoms with Crippen LogP contribution in [0.15, 0.2) is 45.2 Å². The normalized spacial score (nSPS) is 15.5. The van der Waals surface area contributed by atoms with Crippen molar-refractivity contribution in [1.82, 2.24) is 10.6 Å². The molecule has 142 valence electrons. The van der Waals surface area contributed by atoms with Crippen LogP contribution in [0, 0.1) is 0 Å². The molecule has 1 aliphatic rings. The molecule has 1 aromatic heterocycles. The summed E-state index contributed by atoms with van der Waals surface area (Å²) in [4.78, 5) is 8.10. The van der Waals surface area contributed by atoms with Gasteiger partial charge in [-0.1, -0.05) is 12.1 Å². The van der Waals surface area contributed by atoms with Crippen LogP contribution in [0.4, 0.5) is 5.69 Å². The van der Waals surface area contributed by atoms with E-state index in [1.165, 1.54) is 42.1 Å². The summed E-state index contributed by atoms with van der Waals surface area (Å²) in [5.74, 6) is 0.823. The van der Waals surface area contributed by atoms with Gasteiger partial charge in [0.25, 0.3) is 0 Å². The second-order valence-corrected chi connectivity index (χ2v) is 8.83. The highest BCUT2D eigenvalue weighted by Gasteiger charge is 2.14. The second-order valence-electron chi connectivity index (χ2n) is 6.29. The van der Waals surface area contributed by atoms with Crippen molar-refractivity contribution in [3.05, 3.63) is 50.6 Å². The van der Waals surface area contributed by atoms with Gasteiger partial charge in [0.15, 0.2) is 5.96 Å². The topological polar surface area (TPSA) is 39.7 Å². The Balaban J connectivity index is 0.00000243. The summed E-state index contributed by atoms with van der Waals surface area (Å²) in [5, 5.41) is 6.88. The van der Waals surface area contributed by atoms with Crippen LogP contribution in [0.2, 0.25) is 0 Å². The molecule has 1 saturated heterocycles. The van der Waals surface area contributed by atoms with Crippen LogP contribution in [0.1, 0.15) is 36.2 Å². The summed E-state index contributed by atoms with van der Waals surface area (Å²) in [6, 6.07) is 13.2. The fraction of sp³-hybridized carbons (Fsp3) is 0.421. The third kappa shape index (κ3) is 5.85. The zero-order chi connectivity index (χ0) is 17.6. The Morgan fingerprint density at radius 2 is 2.04 bits per heavy atom. The Bertz CT molecular complexity index is 728. The van der Waals surface area contributed by atoms with Crippen LogP contribution < -0.4 is 15.5 Å². The Kier molecular flexibility index (Phi) is 8.69. The number of halogens is 2. The molecule has 4 nitrogen and oxygen atoms in total. The summed E-state index contributed by atoms with van der Waals surface area (Å²) < 4.78 is 1.15. The maximum atomic E-state index is 4.35. The predicted molar refractivity (Wildman–Crippen MR) is 127 cm³/mol. The van der Waals surface area contributed by atoms with E-state index < -0.39 is 0 Å². The molecule has 0 amide bonds. The van der Waals surface area contributed by atoms with Crippen molar-refractivity contribution >= 4 is 62.9 Å². The molecule has 0 bridgehead atoms. The first-order valence-corrected chi connectivity index (χ1v) is 10.3. The predicted octanol–water partition coefficient (Wildman–Crippen LogP) is 5.16. The summed E-state index contributed by atoms with van der Waals surface area (Å²) in [6.45, 7) is 5.30. The van der Waals surface area contributed by atoms with Crippen LogP contribution in [-0.4, -0.2) is 26.1 Å². The Morgan fingerprint density at radius 3 is 2.69 bits per heavy atom. The molecular weight excluding hydrogens is 523 g/mol. The van der Waals surface area contributed by atoms with E-state index in [0.29, 0.717) is 0 Å². The maximum Gasteiger partial charge on any atom is 0.191 e. The van der Waals surface area contributed by atoms with Gasteiger partial charge in [0.2, 0.25) is 0 Å². The summed E-state index contributed by atoms with van der Waals surface area (Å²) in [5.41, 5.74) is 2.61. The Hall–Kier alpha value is -0.800. The molecule has 1 aromatic carbocycles. The number of hydrogen-bond acceptors (Lipinski definition) is 3. The molecule has 1 aliphatic heterocycles. The van der Waals surface area contributed by atoms with Gasteiger partial charge in [0.05, 0.1) is 16.4 Å². The highest BCUT2D eigenvalue weighted by atomic mass is 127. The molecule has 0 aliphatic carbocycles. The maximum absolute atomic E-state index is 4.35. The zero-order valence-corrected chi connectivity index (χ0v) is 19.9. The largest absolute Gasteiger partial charge is 0.372 e. The monoisotopic (exact) mass is 548 g/mol. The van der Waals surface area contributed by atoms with Crippen LogP contribution in [0.5, 0.6) is 0 Å². The van der Waals surface area contributed by atoms with Crippen molar-refractivity contribution in [3.63, 3.8) is 0 Å². The molecule has 0 spiro atoms. The van der Waals surface area contributed by atoms with Crippen LogP contribution in [0.3, 0.4) is 0 Å². The number of benzene rings is 1. The molecule has 0 radical (unpaired) electrons. The minimum Gasteiger partial charge on any atom is -0.372 e. The number of aliphatic imine (C=N–C) groups is 1. The van der Waals surface area contributed by atoms with E-state index >= 15 is 0 Å². The fourth-order valence-electron chi connectivity index (χ4n) is 3.07. The molecule has 26 heavy (non-hydrogen) atoms. The van der Waals surface area contributed by atoms with E-state index in [2.05, 4.69) is 79.8 Å². The number of nitrogens with zero attached hydrogens (tertiary/aromatic N) is 2. The van der Waals surface area contributed by atoms with Gasteiger partial charge in [-0.15, -0.1) is 35.3 Å². The second kappa shape index (κ2) is 10.5. The minimum absolute atomic E-state index is 0. The number of guanidine groups is 1. The molecule has 3 rings (SSSR count). The van der Waals surface area contributed by atoms with Gasteiger partial charge in [0.1, 0.15) is 0 Å². The van der Waals surface area contributed by atoms with Crippen molar-refractivity contribution in [2.24, 2.45) is 4.99 Å². The number of hydrogen-bond donors (Lipinski definition) is 2. The lowest BCUT2D eigenvalue weighted by Gasteiger charge is -2.22. The van der Waals surface area contributed by atoms with Crippen molar-refractivity contribution in [3.8, 4) is 0 Å². The molecule has 7 heteroatoms. The van der Waals surface area contributed by atoms with Crippen molar-refractivity contribution in [2.75, 3.05) is 25.0 Å². The van der Waals surface area contributed by atoms with E-state index in [9.17, 15) is 0 Å². The number of rotatable bonds is 5. The molecule has 1 unspecified atom stereocenters. The number of nitrogens with one attached hydrogen (secondary N) is 2. The minimum atomic E-state index is 0.